The van der Waals surface area contributed by atoms with E-state index in [1.807, 2.05) is 0 Å². The van der Waals surface area contributed by atoms with Gasteiger partial charge in [0, 0.05) is 19.3 Å². The van der Waals surface area contributed by atoms with E-state index in [1.54, 1.807) is 0 Å². The second kappa shape index (κ2) is 7.26. The second-order valence-electron chi connectivity index (χ2n) is 7.79. The van der Waals surface area contributed by atoms with Crippen molar-refractivity contribution in [2.45, 2.75) is 72.3 Å². The van der Waals surface area contributed by atoms with Gasteiger partial charge in [-0.05, 0) is 61.8 Å². The minimum absolute atomic E-state index is 0.454. The van der Waals surface area contributed by atoms with Gasteiger partial charge >= 0.3 is 0 Å². The Morgan fingerprint density at radius 3 is 2.45 bits per heavy atom. The molecule has 0 bridgehead atoms. The summed E-state index contributed by atoms with van der Waals surface area (Å²) in [6.45, 7) is 12.9. The molecule has 0 aromatic heterocycles. The first kappa shape index (κ1) is 16.3. The summed E-state index contributed by atoms with van der Waals surface area (Å²) in [5.41, 5.74) is 0.454. The molecule has 3 atom stereocenters. The first-order valence-electron chi connectivity index (χ1n) is 8.86. The maximum absolute atomic E-state index is 5.58. The molecule has 1 heterocycles. The Morgan fingerprint density at radius 2 is 1.80 bits per heavy atom. The summed E-state index contributed by atoms with van der Waals surface area (Å²) in [7, 11) is 0. The Morgan fingerprint density at radius 1 is 1.10 bits per heavy atom. The zero-order chi connectivity index (χ0) is 14.6. The molecule has 2 nitrogen and oxygen atoms in total. The lowest BCUT2D eigenvalue weighted by Gasteiger charge is -2.49. The Kier molecular flexibility index (Phi) is 5.92. The van der Waals surface area contributed by atoms with Crippen molar-refractivity contribution in [3.05, 3.63) is 0 Å². The van der Waals surface area contributed by atoms with Crippen molar-refractivity contribution < 1.29 is 4.74 Å². The van der Waals surface area contributed by atoms with Gasteiger partial charge in [0.2, 0.25) is 0 Å². The van der Waals surface area contributed by atoms with Gasteiger partial charge in [0.05, 0.1) is 0 Å². The van der Waals surface area contributed by atoms with Crippen LogP contribution in [-0.4, -0.2) is 25.8 Å². The average molecular weight is 281 g/mol. The third kappa shape index (κ3) is 3.76. The lowest BCUT2D eigenvalue weighted by Crippen LogP contribution is -2.50. The van der Waals surface area contributed by atoms with Crippen LogP contribution in [0.1, 0.15) is 66.2 Å². The molecule has 2 heteroatoms. The molecule has 2 rings (SSSR count). The van der Waals surface area contributed by atoms with Gasteiger partial charge in [-0.25, -0.2) is 0 Å². The molecule has 2 aliphatic rings. The molecule has 1 saturated heterocycles. The zero-order valence-electron chi connectivity index (χ0n) is 14.1. The summed E-state index contributed by atoms with van der Waals surface area (Å²) in [6.07, 6.45) is 7.97. The van der Waals surface area contributed by atoms with Crippen molar-refractivity contribution in [3.8, 4) is 0 Å². The number of hydrogen-bond donors (Lipinski definition) is 1. The normalized spacial score (nSPS) is 33.3. The van der Waals surface area contributed by atoms with Crippen molar-refractivity contribution in [2.24, 2.45) is 23.2 Å². The molecule has 1 saturated carbocycles. The fourth-order valence-electron chi connectivity index (χ4n) is 4.57. The van der Waals surface area contributed by atoms with Gasteiger partial charge in [-0.3, -0.25) is 0 Å². The predicted octanol–water partition coefficient (Wildman–Crippen LogP) is 4.24. The highest BCUT2D eigenvalue weighted by Crippen LogP contribution is 2.47. The van der Waals surface area contributed by atoms with Crippen LogP contribution in [0, 0.1) is 23.2 Å². The third-order valence-corrected chi connectivity index (χ3v) is 6.00. The van der Waals surface area contributed by atoms with E-state index in [4.69, 9.17) is 4.74 Å². The number of ether oxygens (including phenoxy) is 1. The first-order chi connectivity index (χ1) is 9.55. The van der Waals surface area contributed by atoms with Crippen molar-refractivity contribution in [1.29, 1.82) is 0 Å². The molecule has 0 radical (unpaired) electrons. The molecule has 3 unspecified atom stereocenters. The number of hydrogen-bond acceptors (Lipinski definition) is 2. The van der Waals surface area contributed by atoms with Crippen LogP contribution in [0.5, 0.6) is 0 Å². The summed E-state index contributed by atoms with van der Waals surface area (Å²) in [4.78, 5) is 0. The lowest BCUT2D eigenvalue weighted by molar-refractivity contribution is -0.0236. The number of nitrogens with one attached hydrogen (secondary N) is 1. The quantitative estimate of drug-likeness (QED) is 0.813. The van der Waals surface area contributed by atoms with Gasteiger partial charge in [0.25, 0.3) is 0 Å². The summed E-state index contributed by atoms with van der Waals surface area (Å²) in [5, 5.41) is 3.87. The Balaban J connectivity index is 2.04. The second-order valence-corrected chi connectivity index (χ2v) is 7.79. The van der Waals surface area contributed by atoms with Gasteiger partial charge in [-0.1, -0.05) is 34.1 Å². The largest absolute Gasteiger partial charge is 0.381 e. The van der Waals surface area contributed by atoms with E-state index in [-0.39, 0.29) is 0 Å². The maximum atomic E-state index is 5.58. The Labute approximate surface area is 126 Å². The highest BCUT2D eigenvalue weighted by atomic mass is 16.5. The SMILES string of the molecule is CCCNC1CC(C)CCC1C(C)(C)C1CCOCC1. The van der Waals surface area contributed by atoms with E-state index in [2.05, 4.69) is 33.0 Å². The highest BCUT2D eigenvalue weighted by molar-refractivity contribution is 4.95. The van der Waals surface area contributed by atoms with E-state index in [0.717, 1.165) is 37.0 Å². The van der Waals surface area contributed by atoms with Crippen LogP contribution in [0.3, 0.4) is 0 Å². The van der Waals surface area contributed by atoms with E-state index in [1.165, 1.54) is 45.1 Å². The van der Waals surface area contributed by atoms with Crippen LogP contribution in [-0.2, 0) is 4.74 Å². The molecule has 118 valence electrons. The van der Waals surface area contributed by atoms with Gasteiger partial charge < -0.3 is 10.1 Å². The molecule has 20 heavy (non-hydrogen) atoms. The highest BCUT2D eigenvalue weighted by Gasteiger charge is 2.43. The van der Waals surface area contributed by atoms with Gasteiger partial charge in [-0.15, -0.1) is 0 Å². The molecule has 1 aliphatic carbocycles. The van der Waals surface area contributed by atoms with Crippen LogP contribution in [0.25, 0.3) is 0 Å². The van der Waals surface area contributed by atoms with Crippen LogP contribution < -0.4 is 5.32 Å². The van der Waals surface area contributed by atoms with E-state index < -0.39 is 0 Å². The third-order valence-electron chi connectivity index (χ3n) is 6.00. The summed E-state index contributed by atoms with van der Waals surface area (Å²) in [6, 6.07) is 0.733. The van der Waals surface area contributed by atoms with E-state index in [0.29, 0.717) is 5.41 Å². The summed E-state index contributed by atoms with van der Waals surface area (Å²) in [5.74, 6) is 2.58. The standard InChI is InChI=1S/C18H35NO/c1-5-10-19-17-13-14(2)6-7-16(17)18(3,4)15-8-11-20-12-9-15/h14-17,19H,5-13H2,1-4H3. The minimum atomic E-state index is 0.454. The zero-order valence-corrected chi connectivity index (χ0v) is 14.1. The average Bonchev–Trinajstić information content (AvgIpc) is 2.46. The van der Waals surface area contributed by atoms with Gasteiger partial charge in [0.1, 0.15) is 0 Å². The predicted molar refractivity (Wildman–Crippen MR) is 85.9 cm³/mol. The molecule has 0 aromatic rings. The van der Waals surface area contributed by atoms with E-state index >= 15 is 0 Å². The topological polar surface area (TPSA) is 21.3 Å². The maximum Gasteiger partial charge on any atom is 0.0468 e. The molecule has 0 spiro atoms. The first-order valence-corrected chi connectivity index (χ1v) is 8.86. The van der Waals surface area contributed by atoms with Gasteiger partial charge in [0.15, 0.2) is 0 Å². The van der Waals surface area contributed by atoms with Crippen LogP contribution in [0.15, 0.2) is 0 Å². The molecule has 0 aromatic carbocycles. The van der Waals surface area contributed by atoms with Gasteiger partial charge in [-0.2, -0.15) is 0 Å². The number of rotatable bonds is 5. The van der Waals surface area contributed by atoms with Crippen LogP contribution >= 0.6 is 0 Å². The Hall–Kier alpha value is -0.0800. The van der Waals surface area contributed by atoms with Crippen molar-refractivity contribution in [3.63, 3.8) is 0 Å². The molecular weight excluding hydrogens is 246 g/mol. The monoisotopic (exact) mass is 281 g/mol. The molecular formula is C18H35NO. The van der Waals surface area contributed by atoms with Crippen molar-refractivity contribution >= 4 is 0 Å². The van der Waals surface area contributed by atoms with Crippen LogP contribution in [0.2, 0.25) is 0 Å². The summed E-state index contributed by atoms with van der Waals surface area (Å²) >= 11 is 0. The van der Waals surface area contributed by atoms with Crippen molar-refractivity contribution in [2.75, 3.05) is 19.8 Å². The molecule has 0 amide bonds. The van der Waals surface area contributed by atoms with Crippen LogP contribution in [0.4, 0.5) is 0 Å². The van der Waals surface area contributed by atoms with Crippen molar-refractivity contribution in [1.82, 2.24) is 5.32 Å². The molecule has 1 aliphatic heterocycles. The smallest absolute Gasteiger partial charge is 0.0468 e. The molecule has 1 N–H and O–H groups in total. The lowest BCUT2D eigenvalue weighted by atomic mass is 9.59. The minimum Gasteiger partial charge on any atom is -0.381 e. The fraction of sp³-hybridized carbons (Fsp3) is 1.00. The summed E-state index contributed by atoms with van der Waals surface area (Å²) < 4.78 is 5.58. The molecule has 2 fully saturated rings. The van der Waals surface area contributed by atoms with E-state index in [9.17, 15) is 0 Å². The fourth-order valence-corrected chi connectivity index (χ4v) is 4.57. The Bertz CT molecular complexity index is 283.